The molecule has 1 amide bonds. The van der Waals surface area contributed by atoms with Gasteiger partial charge in [0, 0.05) is 6.54 Å². The SMILES string of the molecule is C=CCNC(=O)c1ccc2n[nH]c(/C=C/c3ccc(F)c(OC)c3)c2c1OC. The number of ether oxygens (including phenoxy) is 2. The third-order valence-electron chi connectivity index (χ3n) is 4.18. The van der Waals surface area contributed by atoms with Crippen LogP contribution in [0.1, 0.15) is 21.6 Å². The minimum Gasteiger partial charge on any atom is -0.495 e. The van der Waals surface area contributed by atoms with Gasteiger partial charge in [-0.1, -0.05) is 18.2 Å². The summed E-state index contributed by atoms with van der Waals surface area (Å²) in [6.45, 7) is 3.94. The molecular weight excluding hydrogens is 361 g/mol. The maximum atomic E-state index is 13.6. The first-order chi connectivity index (χ1) is 13.6. The highest BCUT2D eigenvalue weighted by Crippen LogP contribution is 2.32. The van der Waals surface area contributed by atoms with Crippen molar-refractivity contribution < 1.29 is 18.7 Å². The van der Waals surface area contributed by atoms with Crippen LogP contribution in [-0.4, -0.2) is 36.9 Å². The molecule has 0 aliphatic carbocycles. The lowest BCUT2D eigenvalue weighted by Crippen LogP contribution is -2.23. The van der Waals surface area contributed by atoms with Crippen molar-refractivity contribution in [2.45, 2.75) is 0 Å². The smallest absolute Gasteiger partial charge is 0.255 e. The number of nitrogens with one attached hydrogen (secondary N) is 2. The van der Waals surface area contributed by atoms with E-state index in [0.29, 0.717) is 34.5 Å². The molecule has 0 unspecified atom stereocenters. The number of carbonyl (C=O) groups excluding carboxylic acids is 1. The Morgan fingerprint density at radius 3 is 2.79 bits per heavy atom. The molecule has 0 saturated carbocycles. The van der Waals surface area contributed by atoms with Gasteiger partial charge >= 0.3 is 0 Å². The van der Waals surface area contributed by atoms with Gasteiger partial charge in [0.15, 0.2) is 11.6 Å². The topological polar surface area (TPSA) is 76.2 Å². The molecular formula is C21H20FN3O3. The van der Waals surface area contributed by atoms with Gasteiger partial charge in [0.25, 0.3) is 5.91 Å². The Labute approximate surface area is 161 Å². The molecule has 0 fully saturated rings. The van der Waals surface area contributed by atoms with E-state index in [-0.39, 0.29) is 11.7 Å². The summed E-state index contributed by atoms with van der Waals surface area (Å²) in [6.07, 6.45) is 5.18. The summed E-state index contributed by atoms with van der Waals surface area (Å²) in [4.78, 5) is 12.4. The van der Waals surface area contributed by atoms with E-state index in [4.69, 9.17) is 9.47 Å². The van der Waals surface area contributed by atoms with Crippen LogP contribution >= 0.6 is 0 Å². The van der Waals surface area contributed by atoms with Crippen LogP contribution < -0.4 is 14.8 Å². The Morgan fingerprint density at radius 2 is 2.07 bits per heavy atom. The van der Waals surface area contributed by atoms with Crippen molar-refractivity contribution in [3.05, 3.63) is 65.6 Å². The van der Waals surface area contributed by atoms with Crippen LogP contribution in [0.2, 0.25) is 0 Å². The number of rotatable bonds is 7. The summed E-state index contributed by atoms with van der Waals surface area (Å²) in [5.74, 6) is -0.110. The highest BCUT2D eigenvalue weighted by molar-refractivity contribution is 6.05. The molecule has 28 heavy (non-hydrogen) atoms. The minimum atomic E-state index is -0.427. The molecule has 0 radical (unpaired) electrons. The number of aromatic nitrogens is 2. The van der Waals surface area contributed by atoms with Crippen molar-refractivity contribution in [3.8, 4) is 11.5 Å². The molecule has 6 nitrogen and oxygen atoms in total. The minimum absolute atomic E-state index is 0.162. The van der Waals surface area contributed by atoms with Gasteiger partial charge in [-0.3, -0.25) is 9.89 Å². The number of carbonyl (C=O) groups is 1. The van der Waals surface area contributed by atoms with Crippen LogP contribution in [-0.2, 0) is 0 Å². The number of methoxy groups -OCH3 is 2. The van der Waals surface area contributed by atoms with E-state index in [1.807, 2.05) is 0 Å². The molecule has 2 aromatic carbocycles. The van der Waals surface area contributed by atoms with Gasteiger partial charge in [-0.05, 0) is 35.9 Å². The van der Waals surface area contributed by atoms with E-state index in [1.165, 1.54) is 20.3 Å². The highest BCUT2D eigenvalue weighted by Gasteiger charge is 2.18. The summed E-state index contributed by atoms with van der Waals surface area (Å²) in [5, 5.41) is 10.6. The molecule has 0 atom stereocenters. The zero-order chi connectivity index (χ0) is 20.1. The number of hydrogen-bond donors (Lipinski definition) is 2. The summed E-state index contributed by atoms with van der Waals surface area (Å²) in [7, 11) is 2.92. The Bertz CT molecular complexity index is 1060. The molecule has 0 spiro atoms. The number of amides is 1. The molecule has 3 aromatic rings. The lowest BCUT2D eigenvalue weighted by Gasteiger charge is -2.10. The predicted molar refractivity (Wildman–Crippen MR) is 107 cm³/mol. The van der Waals surface area contributed by atoms with Crippen molar-refractivity contribution in [2.24, 2.45) is 0 Å². The lowest BCUT2D eigenvalue weighted by molar-refractivity contribution is 0.0955. The first kappa shape index (κ1) is 19.2. The van der Waals surface area contributed by atoms with Gasteiger partial charge in [-0.2, -0.15) is 5.10 Å². The van der Waals surface area contributed by atoms with Gasteiger partial charge in [-0.25, -0.2) is 4.39 Å². The van der Waals surface area contributed by atoms with Crippen molar-refractivity contribution in [1.29, 1.82) is 0 Å². The number of benzene rings is 2. The third kappa shape index (κ3) is 3.73. The molecule has 144 valence electrons. The van der Waals surface area contributed by atoms with E-state index in [2.05, 4.69) is 22.1 Å². The molecule has 1 heterocycles. The van der Waals surface area contributed by atoms with E-state index in [1.54, 1.807) is 42.5 Å². The average molecular weight is 381 g/mol. The number of fused-ring (bicyclic) bond motifs is 1. The van der Waals surface area contributed by atoms with Gasteiger partial charge in [0.2, 0.25) is 0 Å². The summed E-state index contributed by atoms with van der Waals surface area (Å²) >= 11 is 0. The van der Waals surface area contributed by atoms with Crippen molar-refractivity contribution in [2.75, 3.05) is 20.8 Å². The van der Waals surface area contributed by atoms with E-state index in [0.717, 1.165) is 5.56 Å². The van der Waals surface area contributed by atoms with Gasteiger partial charge < -0.3 is 14.8 Å². The van der Waals surface area contributed by atoms with Gasteiger partial charge in [0.1, 0.15) is 5.75 Å². The van der Waals surface area contributed by atoms with Crippen LogP contribution in [0.4, 0.5) is 4.39 Å². The van der Waals surface area contributed by atoms with Crippen molar-refractivity contribution in [3.63, 3.8) is 0 Å². The normalized spacial score (nSPS) is 11.0. The zero-order valence-electron chi connectivity index (χ0n) is 15.6. The first-order valence-electron chi connectivity index (χ1n) is 8.54. The fraction of sp³-hybridized carbons (Fsp3) is 0.143. The predicted octanol–water partition coefficient (Wildman–Crippen LogP) is 3.81. The monoisotopic (exact) mass is 381 g/mol. The van der Waals surface area contributed by atoms with Gasteiger partial charge in [-0.15, -0.1) is 6.58 Å². The average Bonchev–Trinajstić information content (AvgIpc) is 3.13. The number of nitrogens with zero attached hydrogens (tertiary/aromatic N) is 1. The van der Waals surface area contributed by atoms with Crippen molar-refractivity contribution in [1.82, 2.24) is 15.5 Å². The molecule has 1 aromatic heterocycles. The first-order valence-corrected chi connectivity index (χ1v) is 8.54. The van der Waals surface area contributed by atoms with Crippen LogP contribution in [0.3, 0.4) is 0 Å². The lowest BCUT2D eigenvalue weighted by atomic mass is 10.1. The Morgan fingerprint density at radius 1 is 1.25 bits per heavy atom. The summed E-state index contributed by atoms with van der Waals surface area (Å²) < 4.78 is 24.1. The Hall–Kier alpha value is -3.61. The van der Waals surface area contributed by atoms with E-state index >= 15 is 0 Å². The Kier molecular flexibility index (Phi) is 5.74. The molecule has 3 rings (SSSR count). The van der Waals surface area contributed by atoms with E-state index < -0.39 is 5.82 Å². The van der Waals surface area contributed by atoms with Crippen LogP contribution in [0, 0.1) is 5.82 Å². The molecule has 2 N–H and O–H groups in total. The molecule has 0 aliphatic rings. The number of halogens is 1. The molecule has 0 bridgehead atoms. The number of hydrogen-bond acceptors (Lipinski definition) is 4. The Balaban J connectivity index is 2.02. The maximum absolute atomic E-state index is 13.6. The molecule has 7 heteroatoms. The van der Waals surface area contributed by atoms with Gasteiger partial charge in [0.05, 0.1) is 36.4 Å². The van der Waals surface area contributed by atoms with Crippen LogP contribution in [0.5, 0.6) is 11.5 Å². The second kappa shape index (κ2) is 8.39. The second-order valence-electron chi connectivity index (χ2n) is 5.90. The summed E-state index contributed by atoms with van der Waals surface area (Å²) in [5.41, 5.74) is 2.47. The highest BCUT2D eigenvalue weighted by atomic mass is 19.1. The fourth-order valence-corrected chi connectivity index (χ4v) is 2.83. The standard InChI is InChI=1S/C21H20FN3O3/c1-4-11-23-21(26)14-7-10-17-19(20(14)28-3)16(24-25-17)9-6-13-5-8-15(22)18(12-13)27-2/h4-10,12H,1,11H2,2-3H3,(H,23,26)(H,24,25)/b9-6+. The largest absolute Gasteiger partial charge is 0.495 e. The second-order valence-corrected chi connectivity index (χ2v) is 5.90. The van der Waals surface area contributed by atoms with Crippen molar-refractivity contribution >= 4 is 29.0 Å². The molecule has 0 saturated heterocycles. The van der Waals surface area contributed by atoms with Crippen LogP contribution in [0.25, 0.3) is 23.1 Å². The number of aromatic amines is 1. The van der Waals surface area contributed by atoms with E-state index in [9.17, 15) is 9.18 Å². The zero-order valence-corrected chi connectivity index (χ0v) is 15.6. The fourth-order valence-electron chi connectivity index (χ4n) is 2.83. The molecule has 0 aliphatic heterocycles. The third-order valence-corrected chi connectivity index (χ3v) is 4.18. The number of H-pyrrole nitrogens is 1. The maximum Gasteiger partial charge on any atom is 0.255 e. The van der Waals surface area contributed by atoms with Crippen LogP contribution in [0.15, 0.2) is 43.0 Å². The quantitative estimate of drug-likeness (QED) is 0.610. The summed E-state index contributed by atoms with van der Waals surface area (Å²) in [6, 6.07) is 7.98.